The van der Waals surface area contributed by atoms with Gasteiger partial charge in [0, 0.05) is 6.08 Å². The summed E-state index contributed by atoms with van der Waals surface area (Å²) in [5.41, 5.74) is 0. The summed E-state index contributed by atoms with van der Waals surface area (Å²) in [6.45, 7) is 8.66. The monoisotopic (exact) mass is 377 g/mol. The third kappa shape index (κ3) is 20.5. The summed E-state index contributed by atoms with van der Waals surface area (Å²) in [5, 5.41) is 7.83. The van der Waals surface area contributed by atoms with Gasteiger partial charge in [0.2, 0.25) is 0 Å². The van der Waals surface area contributed by atoms with Crippen LogP contribution in [-0.4, -0.2) is 30.8 Å². The van der Waals surface area contributed by atoms with Crippen LogP contribution in [0.25, 0.3) is 0 Å². The van der Waals surface area contributed by atoms with Gasteiger partial charge in [-0.3, -0.25) is 0 Å². The molecule has 2 nitrogen and oxygen atoms in total. The van der Waals surface area contributed by atoms with Crippen molar-refractivity contribution in [3.63, 3.8) is 0 Å². The van der Waals surface area contributed by atoms with Crippen LogP contribution >= 0.6 is 0 Å². The molecule has 0 spiro atoms. The summed E-state index contributed by atoms with van der Waals surface area (Å²) < 4.78 is 5.04. The van der Waals surface area contributed by atoms with E-state index >= 15 is 0 Å². The number of allylic oxidation sites excluding steroid dienone is 1. The molecule has 0 aromatic heterocycles. The van der Waals surface area contributed by atoms with Gasteiger partial charge in [0.1, 0.15) is 0 Å². The standard InChI is InChI=1S/C4H6O2.3C4H9.Sn/c1-2-3-4(5)6;3*1-3-4-2;/h2-3H,1H3,(H,5,6);3*1,3-4H2,2H3;. The van der Waals surface area contributed by atoms with Crippen molar-refractivity contribution in [3.05, 3.63) is 12.2 Å². The second-order valence-electron chi connectivity index (χ2n) is 4.90. The summed E-state index contributed by atoms with van der Waals surface area (Å²) in [6.07, 6.45) is 11.4. The fourth-order valence-electron chi connectivity index (χ4n) is 1.80. The van der Waals surface area contributed by atoms with Crippen LogP contribution in [0.4, 0.5) is 0 Å². The average Bonchev–Trinajstić information content (AvgIpc) is 2.38. The zero-order valence-corrected chi connectivity index (χ0v) is 16.2. The van der Waals surface area contributed by atoms with Gasteiger partial charge in [-0.25, -0.2) is 4.79 Å². The maximum absolute atomic E-state index is 9.51. The predicted octanol–water partition coefficient (Wildman–Crippen LogP) is 5.53. The Labute approximate surface area is 127 Å². The van der Waals surface area contributed by atoms with Crippen LogP contribution < -0.4 is 0 Å². The second kappa shape index (κ2) is 18.0. The molecule has 0 aliphatic rings. The molecule has 0 saturated carbocycles. The molecule has 19 heavy (non-hydrogen) atoms. The second-order valence-corrected chi connectivity index (χ2v) is 13.5. The molecule has 1 N–H and O–H groups in total. The molecule has 0 atom stereocenters. The van der Waals surface area contributed by atoms with E-state index in [1.54, 1.807) is 20.2 Å². The van der Waals surface area contributed by atoms with Gasteiger partial charge in [0.05, 0.1) is 0 Å². The first-order valence-electron chi connectivity index (χ1n) is 7.81. The molecule has 0 amide bonds. The summed E-state index contributed by atoms with van der Waals surface area (Å²) >= 11 is -0.839. The molecule has 1 radical (unpaired) electrons. The molecular weight excluding hydrogens is 343 g/mol. The molecule has 0 aromatic rings. The number of carboxylic acids is 1. The normalized spacial score (nSPS) is 10.6. The molecule has 0 fully saturated rings. The summed E-state index contributed by atoms with van der Waals surface area (Å²) in [7, 11) is 0. The van der Waals surface area contributed by atoms with Crippen molar-refractivity contribution in [2.75, 3.05) is 0 Å². The SMILES string of the molecule is CC=CC(=O)O.CCC[CH2][Sn]([CH2]CCC)[CH2]CCC. The quantitative estimate of drug-likeness (QED) is 0.402. The Balaban J connectivity index is 0. The van der Waals surface area contributed by atoms with Gasteiger partial charge >= 0.3 is 98.3 Å². The maximum atomic E-state index is 9.51. The molecule has 0 aliphatic carbocycles. The van der Waals surface area contributed by atoms with Gasteiger partial charge < -0.3 is 5.11 Å². The van der Waals surface area contributed by atoms with E-state index in [0.29, 0.717) is 0 Å². The van der Waals surface area contributed by atoms with Gasteiger partial charge in [0.15, 0.2) is 0 Å². The van der Waals surface area contributed by atoms with E-state index < -0.39 is 25.7 Å². The van der Waals surface area contributed by atoms with Crippen LogP contribution in [0.15, 0.2) is 12.2 Å². The first kappa shape index (κ1) is 21.3. The van der Waals surface area contributed by atoms with Crippen LogP contribution in [0, 0.1) is 0 Å². The van der Waals surface area contributed by atoms with E-state index in [-0.39, 0.29) is 0 Å². The van der Waals surface area contributed by atoms with Crippen molar-refractivity contribution in [2.45, 2.75) is 79.5 Å². The molecule has 0 unspecified atom stereocenters. The Morgan fingerprint density at radius 2 is 1.32 bits per heavy atom. The average molecular weight is 376 g/mol. The van der Waals surface area contributed by atoms with E-state index in [4.69, 9.17) is 5.11 Å². The van der Waals surface area contributed by atoms with Gasteiger partial charge in [-0.05, 0) is 6.92 Å². The molecule has 0 heterocycles. The fourth-order valence-corrected chi connectivity index (χ4v) is 11.2. The van der Waals surface area contributed by atoms with E-state index in [2.05, 4.69) is 20.8 Å². The van der Waals surface area contributed by atoms with Gasteiger partial charge in [-0.1, -0.05) is 6.08 Å². The number of carbonyl (C=O) groups is 1. The van der Waals surface area contributed by atoms with Crippen LogP contribution in [0.1, 0.15) is 66.2 Å². The zero-order valence-electron chi connectivity index (χ0n) is 13.4. The molecule has 0 saturated heterocycles. The summed E-state index contributed by atoms with van der Waals surface area (Å²) in [4.78, 5) is 9.51. The first-order valence-corrected chi connectivity index (χ1v) is 13.9. The van der Waals surface area contributed by atoms with E-state index in [1.165, 1.54) is 44.6 Å². The van der Waals surface area contributed by atoms with Crippen LogP contribution in [0.2, 0.25) is 13.3 Å². The molecule has 0 bridgehead atoms. The fraction of sp³-hybridized carbons (Fsp3) is 0.812. The van der Waals surface area contributed by atoms with E-state index in [0.717, 1.165) is 6.08 Å². The molecule has 3 heteroatoms. The van der Waals surface area contributed by atoms with Crippen LogP contribution in [0.3, 0.4) is 0 Å². The Bertz CT molecular complexity index is 196. The Hall–Kier alpha value is 0.00870. The number of unbranched alkanes of at least 4 members (excludes halogenated alkanes) is 3. The third-order valence-corrected chi connectivity index (χ3v) is 12.0. The van der Waals surface area contributed by atoms with Crippen molar-refractivity contribution in [2.24, 2.45) is 0 Å². The molecular formula is C16H33O2Sn. The number of hydrogen-bond donors (Lipinski definition) is 1. The minimum atomic E-state index is -0.891. The van der Waals surface area contributed by atoms with E-state index in [9.17, 15) is 4.79 Å². The van der Waals surface area contributed by atoms with Crippen molar-refractivity contribution < 1.29 is 9.90 Å². The number of hydrogen-bond acceptors (Lipinski definition) is 1. The summed E-state index contributed by atoms with van der Waals surface area (Å²) in [5.74, 6) is -0.891. The Morgan fingerprint density at radius 3 is 1.47 bits per heavy atom. The van der Waals surface area contributed by atoms with Gasteiger partial charge in [0.25, 0.3) is 0 Å². The zero-order chi connectivity index (χ0) is 14.9. The van der Waals surface area contributed by atoms with Crippen molar-refractivity contribution in [1.29, 1.82) is 0 Å². The molecule has 0 aliphatic heterocycles. The Kier molecular flexibility index (Phi) is 20.2. The molecule has 0 rings (SSSR count). The van der Waals surface area contributed by atoms with Crippen molar-refractivity contribution in [1.82, 2.24) is 0 Å². The minimum absolute atomic E-state index is 0.839. The van der Waals surface area contributed by atoms with E-state index in [1.807, 2.05) is 0 Å². The topological polar surface area (TPSA) is 37.3 Å². The van der Waals surface area contributed by atoms with Crippen LogP contribution in [-0.2, 0) is 4.79 Å². The number of rotatable bonds is 10. The number of aliphatic carboxylic acids is 1. The van der Waals surface area contributed by atoms with Gasteiger partial charge in [-0.2, -0.15) is 0 Å². The van der Waals surface area contributed by atoms with Crippen molar-refractivity contribution >= 4 is 25.7 Å². The van der Waals surface area contributed by atoms with Crippen LogP contribution in [0.5, 0.6) is 0 Å². The first-order chi connectivity index (χ1) is 9.12. The molecule has 113 valence electrons. The predicted molar refractivity (Wildman–Crippen MR) is 87.3 cm³/mol. The third-order valence-electron chi connectivity index (χ3n) is 2.96. The van der Waals surface area contributed by atoms with Gasteiger partial charge in [-0.15, -0.1) is 0 Å². The number of carboxylic acid groups (broad SMARTS) is 1. The molecule has 0 aromatic carbocycles. The van der Waals surface area contributed by atoms with Crippen molar-refractivity contribution in [3.8, 4) is 0 Å². The summed E-state index contributed by atoms with van der Waals surface area (Å²) in [6, 6.07) is 0. The Morgan fingerprint density at radius 1 is 0.947 bits per heavy atom.